The highest BCUT2D eigenvalue weighted by Crippen LogP contribution is 2.07. The molecule has 0 rings (SSSR count). The van der Waals surface area contributed by atoms with Crippen molar-refractivity contribution in [2.45, 2.75) is 52.7 Å². The molecule has 0 spiro atoms. The molecule has 0 fully saturated rings. The Morgan fingerprint density at radius 1 is 1.29 bits per heavy atom. The molecule has 0 saturated carbocycles. The van der Waals surface area contributed by atoms with E-state index in [4.69, 9.17) is 4.74 Å². The van der Waals surface area contributed by atoms with Crippen LogP contribution in [-0.2, 0) is 4.74 Å². The molecule has 2 N–H and O–H groups in total. The van der Waals surface area contributed by atoms with Crippen molar-refractivity contribution in [3.63, 3.8) is 0 Å². The Morgan fingerprint density at radius 3 is 2.59 bits per heavy atom. The van der Waals surface area contributed by atoms with Crippen molar-refractivity contribution in [1.29, 1.82) is 0 Å². The topological polar surface area (TPSA) is 41.5 Å². The second-order valence-corrected chi connectivity index (χ2v) is 4.99. The molecule has 0 aliphatic heterocycles. The molecule has 0 bridgehead atoms. The van der Waals surface area contributed by atoms with Gasteiger partial charge in [0.15, 0.2) is 0 Å². The van der Waals surface area contributed by atoms with Gasteiger partial charge in [0, 0.05) is 6.54 Å². The van der Waals surface area contributed by atoms with Crippen LogP contribution in [0.3, 0.4) is 0 Å². The van der Waals surface area contributed by atoms with Gasteiger partial charge in [0.25, 0.3) is 0 Å². The van der Waals surface area contributed by atoms with Gasteiger partial charge in [-0.1, -0.05) is 26.0 Å². The van der Waals surface area contributed by atoms with Crippen molar-refractivity contribution < 1.29 is 9.84 Å². The lowest BCUT2D eigenvalue weighted by Crippen LogP contribution is -2.32. The van der Waals surface area contributed by atoms with Crippen molar-refractivity contribution in [1.82, 2.24) is 5.32 Å². The number of ether oxygens (including phenoxy) is 1. The highest BCUT2D eigenvalue weighted by atomic mass is 16.5. The first-order valence-corrected chi connectivity index (χ1v) is 6.67. The van der Waals surface area contributed by atoms with Crippen molar-refractivity contribution in [2.24, 2.45) is 5.92 Å². The zero-order valence-corrected chi connectivity index (χ0v) is 11.8. The average molecular weight is 243 g/mol. The van der Waals surface area contributed by atoms with Gasteiger partial charge in [-0.2, -0.15) is 0 Å². The Balaban J connectivity index is 3.42. The zero-order valence-electron chi connectivity index (χ0n) is 11.8. The summed E-state index contributed by atoms with van der Waals surface area (Å²) >= 11 is 0. The third-order valence-electron chi connectivity index (χ3n) is 2.48. The van der Waals surface area contributed by atoms with Crippen LogP contribution in [0.25, 0.3) is 0 Å². The predicted molar refractivity (Wildman–Crippen MR) is 73.2 cm³/mol. The third kappa shape index (κ3) is 11.9. The summed E-state index contributed by atoms with van der Waals surface area (Å²) in [7, 11) is 0. The second kappa shape index (κ2) is 10.8. The van der Waals surface area contributed by atoms with Gasteiger partial charge in [-0.3, -0.25) is 0 Å². The predicted octanol–water partition coefficient (Wildman–Crippen LogP) is 2.35. The number of aliphatic hydroxyl groups is 1. The summed E-state index contributed by atoms with van der Waals surface area (Å²) in [5.41, 5.74) is 0. The Morgan fingerprint density at radius 2 is 2.00 bits per heavy atom. The van der Waals surface area contributed by atoms with Crippen LogP contribution in [0.4, 0.5) is 0 Å². The monoisotopic (exact) mass is 243 g/mol. The van der Waals surface area contributed by atoms with E-state index >= 15 is 0 Å². The molecule has 2 unspecified atom stereocenters. The van der Waals surface area contributed by atoms with Gasteiger partial charge in [0.05, 0.1) is 18.8 Å². The van der Waals surface area contributed by atoms with Crippen LogP contribution < -0.4 is 5.32 Å². The summed E-state index contributed by atoms with van der Waals surface area (Å²) in [6, 6.07) is 0. The summed E-state index contributed by atoms with van der Waals surface area (Å²) in [6.45, 7) is 10.4. The number of rotatable bonds is 10. The maximum Gasteiger partial charge on any atom is 0.0897 e. The van der Waals surface area contributed by atoms with Gasteiger partial charge >= 0.3 is 0 Å². The lowest BCUT2D eigenvalue weighted by atomic mass is 10.1. The van der Waals surface area contributed by atoms with Crippen molar-refractivity contribution in [3.8, 4) is 0 Å². The Labute approximate surface area is 106 Å². The first kappa shape index (κ1) is 16.6. The average Bonchev–Trinajstić information content (AvgIpc) is 2.25. The molecule has 0 saturated heterocycles. The first-order valence-electron chi connectivity index (χ1n) is 6.67. The fourth-order valence-corrected chi connectivity index (χ4v) is 1.69. The zero-order chi connectivity index (χ0) is 13.1. The molecule has 0 amide bonds. The summed E-state index contributed by atoms with van der Waals surface area (Å²) < 4.78 is 5.59. The van der Waals surface area contributed by atoms with Crippen molar-refractivity contribution in [3.05, 3.63) is 12.2 Å². The Bertz CT molecular complexity index is 193. The fourth-order valence-electron chi connectivity index (χ4n) is 1.69. The van der Waals surface area contributed by atoms with Gasteiger partial charge in [-0.15, -0.1) is 0 Å². The molecule has 0 aliphatic carbocycles. The van der Waals surface area contributed by atoms with E-state index in [1.807, 2.05) is 13.0 Å². The maximum atomic E-state index is 9.68. The molecule has 0 aromatic carbocycles. The summed E-state index contributed by atoms with van der Waals surface area (Å²) in [5.74, 6) is 0.640. The number of allylic oxidation sites excluding steroid dienone is 1. The van der Waals surface area contributed by atoms with E-state index in [-0.39, 0.29) is 6.10 Å². The smallest absolute Gasteiger partial charge is 0.0897 e. The van der Waals surface area contributed by atoms with Crippen LogP contribution in [0.5, 0.6) is 0 Å². The van der Waals surface area contributed by atoms with Crippen LogP contribution in [0.15, 0.2) is 12.2 Å². The molecule has 0 radical (unpaired) electrons. The minimum absolute atomic E-state index is 0.229. The second-order valence-electron chi connectivity index (χ2n) is 4.99. The van der Waals surface area contributed by atoms with Gasteiger partial charge in [-0.05, 0) is 39.2 Å². The number of hydrogen-bond donors (Lipinski definition) is 2. The van der Waals surface area contributed by atoms with E-state index in [0.717, 1.165) is 19.4 Å². The highest BCUT2D eigenvalue weighted by molar-refractivity contribution is 4.77. The summed E-state index contributed by atoms with van der Waals surface area (Å²) in [5, 5.41) is 12.9. The van der Waals surface area contributed by atoms with Crippen molar-refractivity contribution >= 4 is 0 Å². The molecule has 0 aromatic rings. The van der Waals surface area contributed by atoms with E-state index in [9.17, 15) is 5.11 Å². The van der Waals surface area contributed by atoms with Crippen molar-refractivity contribution in [2.75, 3.05) is 19.7 Å². The molecule has 3 nitrogen and oxygen atoms in total. The molecule has 17 heavy (non-hydrogen) atoms. The van der Waals surface area contributed by atoms with E-state index in [0.29, 0.717) is 19.1 Å². The summed E-state index contributed by atoms with van der Waals surface area (Å²) in [6.07, 6.45) is 6.02. The maximum absolute atomic E-state index is 9.68. The van der Waals surface area contributed by atoms with Gasteiger partial charge in [0.1, 0.15) is 0 Å². The molecule has 0 aliphatic rings. The molecule has 3 heteroatoms. The van der Waals surface area contributed by atoms with E-state index in [1.54, 1.807) is 0 Å². The Kier molecular flexibility index (Phi) is 10.5. The van der Waals surface area contributed by atoms with E-state index < -0.39 is 6.10 Å². The lowest BCUT2D eigenvalue weighted by Gasteiger charge is -2.18. The van der Waals surface area contributed by atoms with Gasteiger partial charge in [0.2, 0.25) is 0 Å². The standard InChI is InChI=1S/C14H29NO2/c1-5-6-7-8-15-10-14(16)11-17-13(4)9-12(2)3/h5-6,12-16H,7-11H2,1-4H3/b6-5+. The highest BCUT2D eigenvalue weighted by Gasteiger charge is 2.09. The van der Waals surface area contributed by atoms with Crippen LogP contribution in [-0.4, -0.2) is 37.0 Å². The quantitative estimate of drug-likeness (QED) is 0.457. The van der Waals surface area contributed by atoms with Crippen LogP contribution in [0.1, 0.15) is 40.5 Å². The fraction of sp³-hybridized carbons (Fsp3) is 0.857. The molecular formula is C14H29NO2. The lowest BCUT2D eigenvalue weighted by molar-refractivity contribution is -0.00837. The molecule has 2 atom stereocenters. The van der Waals surface area contributed by atoms with Crippen LogP contribution in [0, 0.1) is 5.92 Å². The first-order chi connectivity index (χ1) is 8.06. The van der Waals surface area contributed by atoms with E-state index in [1.165, 1.54) is 0 Å². The van der Waals surface area contributed by atoms with E-state index in [2.05, 4.69) is 32.2 Å². The normalized spacial score (nSPS) is 15.6. The number of hydrogen-bond acceptors (Lipinski definition) is 3. The number of aliphatic hydroxyl groups excluding tert-OH is 1. The molecule has 0 aromatic heterocycles. The molecule has 102 valence electrons. The minimum atomic E-state index is -0.407. The Hall–Kier alpha value is -0.380. The minimum Gasteiger partial charge on any atom is -0.389 e. The molecule has 0 heterocycles. The number of nitrogens with one attached hydrogen (secondary N) is 1. The molecular weight excluding hydrogens is 214 g/mol. The van der Waals surface area contributed by atoms with Gasteiger partial charge < -0.3 is 15.2 Å². The SMILES string of the molecule is C/C=C/CCNCC(O)COC(C)CC(C)C. The van der Waals surface area contributed by atoms with Crippen LogP contribution in [0.2, 0.25) is 0 Å². The largest absolute Gasteiger partial charge is 0.389 e. The van der Waals surface area contributed by atoms with Gasteiger partial charge in [-0.25, -0.2) is 0 Å². The summed E-state index contributed by atoms with van der Waals surface area (Å²) in [4.78, 5) is 0. The van der Waals surface area contributed by atoms with Crippen LogP contribution >= 0.6 is 0 Å². The third-order valence-corrected chi connectivity index (χ3v) is 2.48.